The Labute approximate surface area is 133 Å². The Kier molecular flexibility index (Phi) is 7.87. The normalized spacial score (nSPS) is 13.8. The van der Waals surface area contributed by atoms with Gasteiger partial charge in [0.25, 0.3) is 0 Å². The largest absolute Gasteiger partial charge is 0.312 e. The molecule has 0 saturated carbocycles. The Bertz CT molecular complexity index is 511. The summed E-state index contributed by atoms with van der Waals surface area (Å²) in [6.45, 7) is 10.4. The van der Waals surface area contributed by atoms with E-state index in [2.05, 4.69) is 12.2 Å². The average molecular weight is 333 g/mol. The molecule has 0 aliphatic carbocycles. The number of unbranched alkanes of at least 4 members (excludes halogenated alkanes) is 1. The van der Waals surface area contributed by atoms with E-state index in [1.165, 1.54) is 11.3 Å². The van der Waals surface area contributed by atoms with Gasteiger partial charge in [-0.2, -0.15) is 4.31 Å². The van der Waals surface area contributed by atoms with Crippen LogP contribution in [0.4, 0.5) is 0 Å². The third kappa shape index (κ3) is 5.06. The maximum absolute atomic E-state index is 12.8. The van der Waals surface area contributed by atoms with Gasteiger partial charge in [0.05, 0.1) is 4.90 Å². The van der Waals surface area contributed by atoms with Crippen LogP contribution in [0.5, 0.6) is 0 Å². The lowest BCUT2D eigenvalue weighted by molar-refractivity contribution is 0.324. The molecule has 0 bridgehead atoms. The number of rotatable bonds is 10. The van der Waals surface area contributed by atoms with Crippen molar-refractivity contribution in [2.75, 3.05) is 13.1 Å². The Morgan fingerprint density at radius 3 is 2.62 bits per heavy atom. The second-order valence-electron chi connectivity index (χ2n) is 5.26. The van der Waals surface area contributed by atoms with Crippen molar-refractivity contribution in [1.29, 1.82) is 0 Å². The maximum Gasteiger partial charge on any atom is 0.244 e. The van der Waals surface area contributed by atoms with Gasteiger partial charge in [0.15, 0.2) is 0 Å². The van der Waals surface area contributed by atoms with Gasteiger partial charge in [0, 0.05) is 29.4 Å². The van der Waals surface area contributed by atoms with Crippen LogP contribution < -0.4 is 5.32 Å². The summed E-state index contributed by atoms with van der Waals surface area (Å²) in [5.74, 6) is 0. The third-order valence-corrected chi connectivity index (χ3v) is 6.68. The van der Waals surface area contributed by atoms with Crippen molar-refractivity contribution in [2.24, 2.45) is 0 Å². The van der Waals surface area contributed by atoms with E-state index in [-0.39, 0.29) is 6.04 Å². The summed E-state index contributed by atoms with van der Waals surface area (Å²) in [6.07, 6.45) is 2.73. The molecule has 0 aromatic carbocycles. The van der Waals surface area contributed by atoms with Crippen molar-refractivity contribution in [3.63, 3.8) is 0 Å². The van der Waals surface area contributed by atoms with E-state index in [4.69, 9.17) is 0 Å². The summed E-state index contributed by atoms with van der Waals surface area (Å²) in [4.78, 5) is 1.51. The van der Waals surface area contributed by atoms with Gasteiger partial charge < -0.3 is 5.32 Å². The van der Waals surface area contributed by atoms with Crippen LogP contribution in [0.15, 0.2) is 16.3 Å². The number of nitrogens with zero attached hydrogens (tertiary/aromatic N) is 1. The number of nitrogens with one attached hydrogen (secondary N) is 1. The first kappa shape index (κ1) is 18.6. The molecule has 1 N–H and O–H groups in total. The van der Waals surface area contributed by atoms with Crippen LogP contribution in [0, 0.1) is 0 Å². The predicted octanol–water partition coefficient (Wildman–Crippen LogP) is 3.45. The Balaban J connectivity index is 2.96. The van der Waals surface area contributed by atoms with Crippen LogP contribution in [0.25, 0.3) is 0 Å². The molecule has 1 heterocycles. The van der Waals surface area contributed by atoms with Gasteiger partial charge >= 0.3 is 0 Å². The molecule has 6 heteroatoms. The van der Waals surface area contributed by atoms with Crippen molar-refractivity contribution in [3.05, 3.63) is 16.3 Å². The van der Waals surface area contributed by atoms with Crippen molar-refractivity contribution in [1.82, 2.24) is 9.62 Å². The van der Waals surface area contributed by atoms with Gasteiger partial charge in [0.1, 0.15) is 0 Å². The quantitative estimate of drug-likeness (QED) is 0.714. The minimum Gasteiger partial charge on any atom is -0.312 e. The molecule has 0 aliphatic rings. The second kappa shape index (κ2) is 8.88. The van der Waals surface area contributed by atoms with Gasteiger partial charge in [-0.15, -0.1) is 11.3 Å². The number of sulfonamides is 1. The highest BCUT2D eigenvalue weighted by atomic mass is 32.2. The van der Waals surface area contributed by atoms with E-state index in [0.29, 0.717) is 11.4 Å². The molecule has 1 atom stereocenters. The van der Waals surface area contributed by atoms with Crippen molar-refractivity contribution < 1.29 is 8.42 Å². The second-order valence-corrected chi connectivity index (χ2v) is 8.14. The standard InChI is InChI=1S/C15H28N2O2S2/c1-5-8-9-17(13(4)6-2)21(18,19)15-10-14(20-12-15)11-16-7-3/h10,12-13,16H,5-9,11H2,1-4H3. The molecule has 0 amide bonds. The van der Waals surface area contributed by atoms with Crippen LogP contribution >= 0.6 is 11.3 Å². The monoisotopic (exact) mass is 332 g/mol. The lowest BCUT2D eigenvalue weighted by Crippen LogP contribution is -2.38. The van der Waals surface area contributed by atoms with Gasteiger partial charge in [-0.1, -0.05) is 27.2 Å². The summed E-state index contributed by atoms with van der Waals surface area (Å²) >= 11 is 1.51. The molecule has 122 valence electrons. The molecular weight excluding hydrogens is 304 g/mol. The number of thiophene rings is 1. The van der Waals surface area contributed by atoms with E-state index in [0.717, 1.165) is 37.2 Å². The summed E-state index contributed by atoms with van der Waals surface area (Å²) in [5.41, 5.74) is 0. The van der Waals surface area contributed by atoms with Crippen LogP contribution in [-0.2, 0) is 16.6 Å². The first-order valence-electron chi connectivity index (χ1n) is 7.77. The smallest absolute Gasteiger partial charge is 0.244 e. The topological polar surface area (TPSA) is 49.4 Å². The average Bonchev–Trinajstić information content (AvgIpc) is 2.94. The van der Waals surface area contributed by atoms with Gasteiger partial charge in [-0.05, 0) is 32.4 Å². The molecular formula is C15H28N2O2S2. The zero-order chi connectivity index (χ0) is 15.9. The molecule has 1 aromatic rings. The van der Waals surface area contributed by atoms with Gasteiger partial charge in [-0.3, -0.25) is 0 Å². The van der Waals surface area contributed by atoms with Gasteiger partial charge in [-0.25, -0.2) is 8.42 Å². The zero-order valence-corrected chi connectivity index (χ0v) is 15.2. The highest BCUT2D eigenvalue weighted by molar-refractivity contribution is 7.89. The van der Waals surface area contributed by atoms with Crippen molar-refractivity contribution in [2.45, 2.75) is 64.4 Å². The maximum atomic E-state index is 12.8. The molecule has 1 aromatic heterocycles. The van der Waals surface area contributed by atoms with E-state index >= 15 is 0 Å². The predicted molar refractivity (Wildman–Crippen MR) is 90.3 cm³/mol. The minimum atomic E-state index is -3.37. The van der Waals surface area contributed by atoms with Crippen molar-refractivity contribution >= 4 is 21.4 Å². The molecule has 0 fully saturated rings. The fourth-order valence-electron chi connectivity index (χ4n) is 2.07. The first-order chi connectivity index (χ1) is 9.97. The Morgan fingerprint density at radius 1 is 1.33 bits per heavy atom. The SMILES string of the molecule is CCCCN(C(C)CC)S(=O)(=O)c1csc(CNCC)c1. The lowest BCUT2D eigenvalue weighted by Gasteiger charge is -2.27. The van der Waals surface area contributed by atoms with Crippen molar-refractivity contribution in [3.8, 4) is 0 Å². The molecule has 0 saturated heterocycles. The van der Waals surface area contributed by atoms with E-state index < -0.39 is 10.0 Å². The summed E-state index contributed by atoms with van der Waals surface area (Å²) in [6, 6.07) is 1.85. The number of hydrogen-bond donors (Lipinski definition) is 1. The Hall–Kier alpha value is -0.430. The zero-order valence-electron chi connectivity index (χ0n) is 13.6. The fourth-order valence-corrected chi connectivity index (χ4v) is 5.04. The summed E-state index contributed by atoms with van der Waals surface area (Å²) in [7, 11) is -3.37. The summed E-state index contributed by atoms with van der Waals surface area (Å²) in [5, 5.41) is 5.00. The van der Waals surface area contributed by atoms with Crippen LogP contribution in [0.3, 0.4) is 0 Å². The highest BCUT2D eigenvalue weighted by Crippen LogP contribution is 2.25. The van der Waals surface area contributed by atoms with Gasteiger partial charge in [0.2, 0.25) is 10.0 Å². The molecule has 1 rings (SSSR count). The fraction of sp³-hybridized carbons (Fsp3) is 0.733. The first-order valence-corrected chi connectivity index (χ1v) is 10.1. The molecule has 1 unspecified atom stereocenters. The van der Waals surface area contributed by atoms with E-state index in [1.54, 1.807) is 9.69 Å². The minimum absolute atomic E-state index is 0.0404. The van der Waals surface area contributed by atoms with E-state index in [9.17, 15) is 8.42 Å². The molecule has 4 nitrogen and oxygen atoms in total. The van der Waals surface area contributed by atoms with Crippen LogP contribution in [0.1, 0.15) is 51.8 Å². The lowest BCUT2D eigenvalue weighted by atomic mass is 10.2. The molecule has 21 heavy (non-hydrogen) atoms. The highest BCUT2D eigenvalue weighted by Gasteiger charge is 2.28. The molecule has 0 aliphatic heterocycles. The van der Waals surface area contributed by atoms with E-state index in [1.807, 2.05) is 26.8 Å². The Morgan fingerprint density at radius 2 is 2.05 bits per heavy atom. The molecule has 0 radical (unpaired) electrons. The summed E-state index contributed by atoms with van der Waals surface area (Å²) < 4.78 is 27.3. The van der Waals surface area contributed by atoms with Crippen LogP contribution in [-0.4, -0.2) is 31.9 Å². The third-order valence-electron chi connectivity index (χ3n) is 3.60. The molecule has 0 spiro atoms. The number of hydrogen-bond acceptors (Lipinski definition) is 4. The van der Waals surface area contributed by atoms with Crippen LogP contribution in [0.2, 0.25) is 0 Å².